The van der Waals surface area contributed by atoms with E-state index in [4.69, 9.17) is 0 Å². The maximum Gasteiger partial charge on any atom is 0.225 e. The van der Waals surface area contributed by atoms with Crippen LogP contribution >= 0.6 is 0 Å². The smallest absolute Gasteiger partial charge is 0.225 e. The summed E-state index contributed by atoms with van der Waals surface area (Å²) >= 11 is 0. The molecule has 2 N–H and O–H groups in total. The van der Waals surface area contributed by atoms with Crippen molar-refractivity contribution in [3.8, 4) is 0 Å². The minimum absolute atomic E-state index is 0.181. The second-order valence-corrected chi connectivity index (χ2v) is 4.49. The summed E-state index contributed by atoms with van der Waals surface area (Å²) in [4.78, 5) is 11.5. The van der Waals surface area contributed by atoms with Crippen LogP contribution in [0.15, 0.2) is 18.2 Å². The highest BCUT2D eigenvalue weighted by Gasteiger charge is 2.11. The van der Waals surface area contributed by atoms with E-state index in [1.165, 1.54) is 6.07 Å². The number of para-hydroxylation sites is 1. The summed E-state index contributed by atoms with van der Waals surface area (Å²) in [5.74, 6) is -1.44. The number of carbonyl (C=O) groups is 1. The Bertz CT molecular complexity index is 388. The molecule has 5 heteroatoms. The molecule has 0 aliphatic carbocycles. The lowest BCUT2D eigenvalue weighted by Crippen LogP contribution is -2.25. The first-order valence-corrected chi connectivity index (χ1v) is 5.95. The molecule has 3 nitrogen and oxygen atoms in total. The second-order valence-electron chi connectivity index (χ2n) is 4.49. The Morgan fingerprint density at radius 3 is 2.44 bits per heavy atom. The molecular formula is C13H18F2N2O. The first-order valence-electron chi connectivity index (χ1n) is 5.95. The molecule has 1 aromatic carbocycles. The van der Waals surface area contributed by atoms with Crippen LogP contribution < -0.4 is 10.6 Å². The molecule has 0 saturated carbocycles. The largest absolute Gasteiger partial charge is 0.321 e. The summed E-state index contributed by atoms with van der Waals surface area (Å²) in [6.45, 7) is 5.41. The van der Waals surface area contributed by atoms with E-state index in [9.17, 15) is 13.6 Å². The van der Waals surface area contributed by atoms with E-state index in [0.29, 0.717) is 12.5 Å². The van der Waals surface area contributed by atoms with Crippen LogP contribution in [0.3, 0.4) is 0 Å². The molecule has 1 aromatic rings. The van der Waals surface area contributed by atoms with Crippen LogP contribution in [0, 0.1) is 17.6 Å². The molecule has 1 rings (SSSR count). The summed E-state index contributed by atoms with van der Waals surface area (Å²) in [7, 11) is 0. The van der Waals surface area contributed by atoms with Crippen molar-refractivity contribution in [1.29, 1.82) is 0 Å². The zero-order chi connectivity index (χ0) is 13.5. The Balaban J connectivity index is 2.40. The van der Waals surface area contributed by atoms with Gasteiger partial charge in [-0.2, -0.15) is 0 Å². The fourth-order valence-electron chi connectivity index (χ4n) is 1.41. The number of carbonyl (C=O) groups excluding carboxylic acids is 1. The molecule has 0 spiro atoms. The van der Waals surface area contributed by atoms with Crippen molar-refractivity contribution in [3.05, 3.63) is 29.8 Å². The third kappa shape index (κ3) is 4.79. The number of amides is 1. The monoisotopic (exact) mass is 256 g/mol. The van der Waals surface area contributed by atoms with E-state index < -0.39 is 17.5 Å². The normalized spacial score (nSPS) is 10.7. The van der Waals surface area contributed by atoms with Crippen LogP contribution in [0.2, 0.25) is 0 Å². The highest BCUT2D eigenvalue weighted by atomic mass is 19.1. The van der Waals surface area contributed by atoms with Crippen LogP contribution in [0.1, 0.15) is 20.3 Å². The number of hydrogen-bond acceptors (Lipinski definition) is 2. The Labute approximate surface area is 106 Å². The highest BCUT2D eigenvalue weighted by Crippen LogP contribution is 2.17. The first kappa shape index (κ1) is 14.6. The fraction of sp³-hybridized carbons (Fsp3) is 0.462. The molecule has 0 aliphatic heterocycles. The van der Waals surface area contributed by atoms with E-state index in [1.807, 2.05) is 0 Å². The zero-order valence-electron chi connectivity index (χ0n) is 10.6. The predicted molar refractivity (Wildman–Crippen MR) is 67.3 cm³/mol. The van der Waals surface area contributed by atoms with Gasteiger partial charge in [0, 0.05) is 13.0 Å². The summed E-state index contributed by atoms with van der Waals surface area (Å²) in [6.07, 6.45) is 0.181. The third-order valence-electron chi connectivity index (χ3n) is 2.31. The molecule has 100 valence electrons. The average molecular weight is 256 g/mol. The Kier molecular flexibility index (Phi) is 5.71. The zero-order valence-corrected chi connectivity index (χ0v) is 10.6. The molecule has 1 amide bonds. The quantitative estimate of drug-likeness (QED) is 0.768. The van der Waals surface area contributed by atoms with Crippen LogP contribution in [0.4, 0.5) is 14.5 Å². The van der Waals surface area contributed by atoms with E-state index in [-0.39, 0.29) is 12.1 Å². The molecule has 0 aromatic heterocycles. The Hall–Kier alpha value is -1.49. The molecule has 0 radical (unpaired) electrons. The van der Waals surface area contributed by atoms with Crippen molar-refractivity contribution in [2.75, 3.05) is 18.4 Å². The molecule has 0 bridgehead atoms. The van der Waals surface area contributed by atoms with Crippen molar-refractivity contribution < 1.29 is 13.6 Å². The molecule has 0 aliphatic rings. The number of halogens is 2. The van der Waals surface area contributed by atoms with Gasteiger partial charge in [-0.25, -0.2) is 8.78 Å². The maximum absolute atomic E-state index is 13.2. The second kappa shape index (κ2) is 7.06. The number of hydrogen-bond donors (Lipinski definition) is 2. The SMILES string of the molecule is CC(C)CNCCC(=O)Nc1c(F)cccc1F. The minimum Gasteiger partial charge on any atom is -0.321 e. The molecule has 0 unspecified atom stereocenters. The van der Waals surface area contributed by atoms with E-state index in [1.54, 1.807) is 0 Å². The summed E-state index contributed by atoms with van der Waals surface area (Å²) in [5, 5.41) is 5.32. The lowest BCUT2D eigenvalue weighted by molar-refractivity contribution is -0.116. The fourth-order valence-corrected chi connectivity index (χ4v) is 1.41. The van der Waals surface area contributed by atoms with Gasteiger partial charge in [0.25, 0.3) is 0 Å². The molecule has 0 atom stereocenters. The van der Waals surface area contributed by atoms with Gasteiger partial charge in [0.1, 0.15) is 17.3 Å². The Morgan fingerprint density at radius 2 is 1.89 bits per heavy atom. The lowest BCUT2D eigenvalue weighted by atomic mass is 10.2. The number of benzene rings is 1. The molecular weight excluding hydrogens is 238 g/mol. The van der Waals surface area contributed by atoms with Crippen molar-refractivity contribution >= 4 is 11.6 Å². The van der Waals surface area contributed by atoms with Gasteiger partial charge in [-0.15, -0.1) is 0 Å². The number of anilines is 1. The van der Waals surface area contributed by atoms with E-state index >= 15 is 0 Å². The summed E-state index contributed by atoms with van der Waals surface area (Å²) < 4.78 is 26.5. The van der Waals surface area contributed by atoms with Gasteiger partial charge in [0.05, 0.1) is 0 Å². The summed E-state index contributed by atoms with van der Waals surface area (Å²) in [6, 6.07) is 3.47. The van der Waals surface area contributed by atoms with Crippen molar-refractivity contribution in [3.63, 3.8) is 0 Å². The topological polar surface area (TPSA) is 41.1 Å². The van der Waals surface area contributed by atoms with Crippen LogP contribution in [0.25, 0.3) is 0 Å². The predicted octanol–water partition coefficient (Wildman–Crippen LogP) is 2.54. The van der Waals surface area contributed by atoms with Crippen molar-refractivity contribution in [2.45, 2.75) is 20.3 Å². The first-order chi connectivity index (χ1) is 8.50. The van der Waals surface area contributed by atoms with Gasteiger partial charge in [0.15, 0.2) is 0 Å². The average Bonchev–Trinajstić information content (AvgIpc) is 2.29. The molecule has 0 fully saturated rings. The van der Waals surface area contributed by atoms with Gasteiger partial charge < -0.3 is 10.6 Å². The van der Waals surface area contributed by atoms with Crippen molar-refractivity contribution in [2.24, 2.45) is 5.92 Å². The standard InChI is InChI=1S/C13H18F2N2O/c1-9(2)8-16-7-6-12(18)17-13-10(14)4-3-5-11(13)15/h3-5,9,16H,6-8H2,1-2H3,(H,17,18). The highest BCUT2D eigenvalue weighted by molar-refractivity contribution is 5.91. The van der Waals surface area contributed by atoms with Crippen LogP contribution in [0.5, 0.6) is 0 Å². The minimum atomic E-state index is -0.765. The van der Waals surface area contributed by atoms with E-state index in [0.717, 1.165) is 18.7 Å². The third-order valence-corrected chi connectivity index (χ3v) is 2.31. The molecule has 0 saturated heterocycles. The number of rotatable bonds is 6. The van der Waals surface area contributed by atoms with Crippen molar-refractivity contribution in [1.82, 2.24) is 5.32 Å². The Morgan fingerprint density at radius 1 is 1.28 bits per heavy atom. The van der Waals surface area contributed by atoms with Gasteiger partial charge in [-0.3, -0.25) is 4.79 Å². The maximum atomic E-state index is 13.2. The lowest BCUT2D eigenvalue weighted by Gasteiger charge is -2.09. The van der Waals surface area contributed by atoms with Crippen LogP contribution in [-0.2, 0) is 4.79 Å². The van der Waals surface area contributed by atoms with E-state index in [2.05, 4.69) is 24.5 Å². The van der Waals surface area contributed by atoms with Crippen LogP contribution in [-0.4, -0.2) is 19.0 Å². The van der Waals surface area contributed by atoms with Gasteiger partial charge in [0.2, 0.25) is 5.91 Å². The van der Waals surface area contributed by atoms with Gasteiger partial charge in [-0.05, 0) is 24.6 Å². The number of nitrogens with one attached hydrogen (secondary N) is 2. The van der Waals surface area contributed by atoms with Gasteiger partial charge in [-0.1, -0.05) is 19.9 Å². The van der Waals surface area contributed by atoms with Gasteiger partial charge >= 0.3 is 0 Å². The molecule has 0 heterocycles. The molecule has 18 heavy (non-hydrogen) atoms. The summed E-state index contributed by atoms with van der Waals surface area (Å²) in [5.41, 5.74) is -0.383.